The summed E-state index contributed by atoms with van der Waals surface area (Å²) < 4.78 is 0. The third kappa shape index (κ3) is 0.999. The molecule has 3 aliphatic carbocycles. The molecule has 2 N–H and O–H groups in total. The third-order valence-electron chi connectivity index (χ3n) is 4.63. The van der Waals surface area contributed by atoms with Gasteiger partial charge in [0.15, 0.2) is 0 Å². The quantitative estimate of drug-likeness (QED) is 0.679. The minimum atomic E-state index is 0. The van der Waals surface area contributed by atoms with Crippen LogP contribution in [0, 0.1) is 17.3 Å². The maximum atomic E-state index is 6.37. The monoisotopic (exact) mass is 281 g/mol. The Labute approximate surface area is 92.5 Å². The van der Waals surface area contributed by atoms with E-state index >= 15 is 0 Å². The van der Waals surface area contributed by atoms with E-state index in [0.717, 1.165) is 11.8 Å². The summed E-state index contributed by atoms with van der Waals surface area (Å²) in [5.74, 6) is 1.66. The van der Waals surface area contributed by atoms with Crippen molar-refractivity contribution in [1.29, 1.82) is 0 Å². The van der Waals surface area contributed by atoms with Gasteiger partial charge in [0.2, 0.25) is 0 Å². The van der Waals surface area contributed by atoms with Crippen molar-refractivity contribution >= 4 is 24.0 Å². The molecule has 0 aliphatic heterocycles. The lowest BCUT2D eigenvalue weighted by atomic mass is 9.41. The van der Waals surface area contributed by atoms with E-state index in [0.29, 0.717) is 5.41 Å². The highest BCUT2D eigenvalue weighted by Crippen LogP contribution is 2.62. The molecule has 0 spiro atoms. The first-order valence-corrected chi connectivity index (χ1v) is 4.77. The van der Waals surface area contributed by atoms with Crippen LogP contribution in [-0.2, 0) is 0 Å². The second-order valence-corrected chi connectivity index (χ2v) is 5.14. The Morgan fingerprint density at radius 1 is 1.25 bits per heavy atom. The Kier molecular flexibility index (Phi) is 2.55. The van der Waals surface area contributed by atoms with Crippen LogP contribution >= 0.6 is 24.0 Å². The van der Waals surface area contributed by atoms with Crippen molar-refractivity contribution in [2.45, 2.75) is 45.6 Å². The zero-order chi connectivity index (χ0) is 8.28. The van der Waals surface area contributed by atoms with Gasteiger partial charge in [-0.1, -0.05) is 20.8 Å². The predicted molar refractivity (Wildman–Crippen MR) is 62.6 cm³/mol. The van der Waals surface area contributed by atoms with Gasteiger partial charge in [-0.25, -0.2) is 0 Å². The summed E-state index contributed by atoms with van der Waals surface area (Å²) in [5.41, 5.74) is 6.96. The van der Waals surface area contributed by atoms with E-state index in [-0.39, 0.29) is 29.5 Å². The molecular formula is C10H20IN. The lowest BCUT2D eigenvalue weighted by molar-refractivity contribution is -0.123. The Bertz CT molecular complexity index is 190. The average molecular weight is 281 g/mol. The van der Waals surface area contributed by atoms with Crippen molar-refractivity contribution in [1.82, 2.24) is 0 Å². The molecule has 0 radical (unpaired) electrons. The van der Waals surface area contributed by atoms with Crippen LogP contribution in [0.15, 0.2) is 0 Å². The number of halogens is 1. The smallest absolute Gasteiger partial charge is 0.0237 e. The van der Waals surface area contributed by atoms with E-state index in [1.807, 2.05) is 0 Å². The van der Waals surface area contributed by atoms with Gasteiger partial charge in [0.25, 0.3) is 0 Å². The molecule has 2 heteroatoms. The topological polar surface area (TPSA) is 26.0 Å². The number of nitrogens with two attached hydrogens (primary N) is 1. The van der Waals surface area contributed by atoms with Crippen molar-refractivity contribution in [3.05, 3.63) is 0 Å². The molecule has 3 aliphatic rings. The molecule has 0 aromatic carbocycles. The zero-order valence-electron chi connectivity index (χ0n) is 8.26. The van der Waals surface area contributed by atoms with Crippen LogP contribution in [0.25, 0.3) is 0 Å². The molecular weight excluding hydrogens is 261 g/mol. The van der Waals surface area contributed by atoms with Crippen molar-refractivity contribution < 1.29 is 0 Å². The second kappa shape index (κ2) is 2.84. The van der Waals surface area contributed by atoms with Gasteiger partial charge < -0.3 is 5.73 Å². The fourth-order valence-corrected chi connectivity index (χ4v) is 3.18. The predicted octanol–water partition coefficient (Wildman–Crippen LogP) is 2.78. The summed E-state index contributed by atoms with van der Waals surface area (Å²) in [4.78, 5) is 0. The fourth-order valence-electron chi connectivity index (χ4n) is 3.18. The third-order valence-corrected chi connectivity index (χ3v) is 4.63. The van der Waals surface area contributed by atoms with Crippen LogP contribution in [0.4, 0.5) is 0 Å². The maximum Gasteiger partial charge on any atom is 0.0237 e. The molecule has 0 heterocycles. The van der Waals surface area contributed by atoms with Gasteiger partial charge in [0.05, 0.1) is 0 Å². The summed E-state index contributed by atoms with van der Waals surface area (Å²) in [6.07, 6.45) is 4.04. The highest BCUT2D eigenvalue weighted by Gasteiger charge is 2.62. The Morgan fingerprint density at radius 2 is 1.83 bits per heavy atom. The normalized spacial score (nSPS) is 49.0. The SMILES string of the molecule is CC1CCC2CC1(N)C2(C)C.I. The fraction of sp³-hybridized carbons (Fsp3) is 1.00. The molecule has 0 aromatic heterocycles. The number of fused-ring (bicyclic) bond motifs is 2. The van der Waals surface area contributed by atoms with E-state index in [1.165, 1.54) is 19.3 Å². The highest BCUT2D eigenvalue weighted by molar-refractivity contribution is 14.0. The van der Waals surface area contributed by atoms with Crippen molar-refractivity contribution in [2.24, 2.45) is 23.0 Å². The summed E-state index contributed by atoms with van der Waals surface area (Å²) in [6, 6.07) is 0. The maximum absolute atomic E-state index is 6.37. The van der Waals surface area contributed by atoms with Crippen LogP contribution < -0.4 is 5.73 Å². The van der Waals surface area contributed by atoms with Gasteiger partial charge in [-0.3, -0.25) is 0 Å². The van der Waals surface area contributed by atoms with Crippen LogP contribution in [-0.4, -0.2) is 5.54 Å². The molecule has 0 saturated heterocycles. The molecule has 0 aromatic rings. The van der Waals surface area contributed by atoms with Gasteiger partial charge >= 0.3 is 0 Å². The summed E-state index contributed by atoms with van der Waals surface area (Å²) in [6.45, 7) is 7.00. The van der Waals surface area contributed by atoms with E-state index in [4.69, 9.17) is 5.73 Å². The van der Waals surface area contributed by atoms with Gasteiger partial charge in [0.1, 0.15) is 0 Å². The van der Waals surface area contributed by atoms with Gasteiger partial charge in [-0.2, -0.15) is 0 Å². The number of rotatable bonds is 0. The van der Waals surface area contributed by atoms with Gasteiger partial charge in [-0.05, 0) is 36.5 Å². The van der Waals surface area contributed by atoms with E-state index in [2.05, 4.69) is 20.8 Å². The Hall–Kier alpha value is 0.690. The zero-order valence-corrected chi connectivity index (χ0v) is 10.6. The number of hydrogen-bond acceptors (Lipinski definition) is 1. The molecule has 72 valence electrons. The lowest BCUT2D eigenvalue weighted by Crippen LogP contribution is -2.72. The van der Waals surface area contributed by atoms with Crippen molar-refractivity contribution in [3.8, 4) is 0 Å². The molecule has 2 bridgehead atoms. The number of hydrogen-bond donors (Lipinski definition) is 1. The molecule has 12 heavy (non-hydrogen) atoms. The average Bonchev–Trinajstić information content (AvgIpc) is 1.94. The van der Waals surface area contributed by atoms with E-state index < -0.39 is 0 Å². The van der Waals surface area contributed by atoms with Crippen molar-refractivity contribution in [2.75, 3.05) is 0 Å². The molecule has 1 nitrogen and oxygen atoms in total. The van der Waals surface area contributed by atoms with E-state index in [1.54, 1.807) is 0 Å². The first-order valence-electron chi connectivity index (χ1n) is 4.77. The lowest BCUT2D eigenvalue weighted by Gasteiger charge is -2.66. The minimum Gasteiger partial charge on any atom is -0.324 e. The van der Waals surface area contributed by atoms with Gasteiger partial charge in [0, 0.05) is 5.54 Å². The van der Waals surface area contributed by atoms with Gasteiger partial charge in [-0.15, -0.1) is 24.0 Å². The molecule has 3 saturated carbocycles. The first kappa shape index (κ1) is 10.8. The largest absolute Gasteiger partial charge is 0.324 e. The standard InChI is InChI=1S/C10H19N.HI/c1-7-4-5-8-6-10(7,11)9(8,2)3;/h7-8H,4-6,11H2,1-3H3;1H. The van der Waals surface area contributed by atoms with Crippen LogP contribution in [0.5, 0.6) is 0 Å². The molecule has 0 amide bonds. The summed E-state index contributed by atoms with van der Waals surface area (Å²) in [5, 5.41) is 0. The van der Waals surface area contributed by atoms with Crippen LogP contribution in [0.1, 0.15) is 40.0 Å². The van der Waals surface area contributed by atoms with Crippen LogP contribution in [0.3, 0.4) is 0 Å². The summed E-state index contributed by atoms with van der Waals surface area (Å²) in [7, 11) is 0. The Morgan fingerprint density at radius 3 is 2.17 bits per heavy atom. The summed E-state index contributed by atoms with van der Waals surface area (Å²) >= 11 is 0. The first-order chi connectivity index (χ1) is 4.98. The minimum absolute atomic E-state index is 0. The molecule has 3 fully saturated rings. The molecule has 3 rings (SSSR count). The molecule has 3 unspecified atom stereocenters. The molecule has 3 atom stereocenters. The van der Waals surface area contributed by atoms with Crippen LogP contribution in [0.2, 0.25) is 0 Å². The Balaban J connectivity index is 0.000000720. The highest BCUT2D eigenvalue weighted by atomic mass is 127. The second-order valence-electron chi connectivity index (χ2n) is 5.14. The van der Waals surface area contributed by atoms with Crippen molar-refractivity contribution in [3.63, 3.8) is 0 Å². The van der Waals surface area contributed by atoms with E-state index in [9.17, 15) is 0 Å².